The van der Waals surface area contributed by atoms with Gasteiger partial charge in [-0.05, 0) is 42.0 Å². The second-order valence-corrected chi connectivity index (χ2v) is 9.63. The van der Waals surface area contributed by atoms with Crippen LogP contribution in [0.4, 0.5) is 0 Å². The van der Waals surface area contributed by atoms with E-state index in [4.69, 9.17) is 0 Å². The smallest absolute Gasteiger partial charge is 0.216 e. The van der Waals surface area contributed by atoms with Crippen LogP contribution in [0.25, 0.3) is 17.0 Å². The summed E-state index contributed by atoms with van der Waals surface area (Å²) >= 11 is 3.45. The molecule has 0 saturated carbocycles. The van der Waals surface area contributed by atoms with Crippen LogP contribution in [0.3, 0.4) is 0 Å². The Bertz CT molecular complexity index is 1380. The predicted molar refractivity (Wildman–Crippen MR) is 122 cm³/mol. The van der Waals surface area contributed by atoms with Crippen molar-refractivity contribution in [2.75, 3.05) is 0 Å². The van der Waals surface area contributed by atoms with Crippen LogP contribution in [-0.2, 0) is 16.4 Å². The molecule has 3 aromatic carbocycles. The molecular formula is C24H17BrN2O2S. The first-order valence-electron chi connectivity index (χ1n) is 9.23. The van der Waals surface area contributed by atoms with Crippen molar-refractivity contribution in [2.45, 2.75) is 11.4 Å². The lowest BCUT2D eigenvalue weighted by atomic mass is 10.1. The van der Waals surface area contributed by atoms with Crippen LogP contribution in [0.2, 0.25) is 0 Å². The van der Waals surface area contributed by atoms with Gasteiger partial charge in [-0.1, -0.05) is 64.5 Å². The van der Waals surface area contributed by atoms with Gasteiger partial charge in [-0.15, -0.1) is 0 Å². The van der Waals surface area contributed by atoms with Crippen LogP contribution in [0.15, 0.2) is 99.3 Å². The van der Waals surface area contributed by atoms with Crippen molar-refractivity contribution in [3.8, 4) is 6.07 Å². The summed E-state index contributed by atoms with van der Waals surface area (Å²) in [5.41, 5.74) is 2.78. The second kappa shape index (κ2) is 8.31. The fraction of sp³-hybridized carbons (Fsp3) is 0.0417. The number of aromatic nitrogens is 1. The zero-order chi connectivity index (χ0) is 21.1. The molecule has 4 aromatic rings. The molecule has 6 heteroatoms. The third-order valence-corrected chi connectivity index (χ3v) is 7.03. The molecule has 0 unspecified atom stereocenters. The summed E-state index contributed by atoms with van der Waals surface area (Å²) in [7, 11) is -3.89. The summed E-state index contributed by atoms with van der Waals surface area (Å²) in [6.45, 7) is 0.634. The first-order valence-corrected chi connectivity index (χ1v) is 11.5. The van der Waals surface area contributed by atoms with Gasteiger partial charge in [0.1, 0.15) is 11.0 Å². The van der Waals surface area contributed by atoms with Gasteiger partial charge in [-0.25, -0.2) is 8.42 Å². The number of nitrogens with zero attached hydrogens (tertiary/aromatic N) is 2. The van der Waals surface area contributed by atoms with Gasteiger partial charge in [0, 0.05) is 33.7 Å². The zero-order valence-electron chi connectivity index (χ0n) is 15.9. The van der Waals surface area contributed by atoms with Crippen molar-refractivity contribution in [1.82, 2.24) is 4.57 Å². The maximum atomic E-state index is 12.9. The first kappa shape index (κ1) is 20.1. The third-order valence-electron chi connectivity index (χ3n) is 4.83. The van der Waals surface area contributed by atoms with Crippen LogP contribution in [0.1, 0.15) is 11.1 Å². The van der Waals surface area contributed by atoms with Gasteiger partial charge in [0.15, 0.2) is 0 Å². The molecule has 1 heterocycles. The summed E-state index contributed by atoms with van der Waals surface area (Å²) in [6, 6.07) is 25.7. The maximum Gasteiger partial charge on any atom is 0.216 e. The van der Waals surface area contributed by atoms with Crippen LogP contribution in [0, 0.1) is 11.3 Å². The quantitative estimate of drug-likeness (QED) is 0.342. The zero-order valence-corrected chi connectivity index (χ0v) is 18.3. The van der Waals surface area contributed by atoms with Crippen molar-refractivity contribution < 1.29 is 8.42 Å². The summed E-state index contributed by atoms with van der Waals surface area (Å²) in [5, 5.41) is 10.5. The lowest BCUT2D eigenvalue weighted by molar-refractivity contribution is 0.603. The highest BCUT2D eigenvalue weighted by atomic mass is 79.9. The lowest BCUT2D eigenvalue weighted by Gasteiger charge is -2.05. The van der Waals surface area contributed by atoms with Gasteiger partial charge in [-0.2, -0.15) is 5.26 Å². The normalized spacial score (nSPS) is 12.1. The SMILES string of the molecule is N#CC(=Cc1cn(Cc2ccc(Br)cc2)c2ccccc12)S(=O)(=O)c1ccccc1. The molecule has 148 valence electrons. The Labute approximate surface area is 183 Å². The second-order valence-electron chi connectivity index (χ2n) is 6.79. The van der Waals surface area contributed by atoms with Crippen LogP contribution in [0.5, 0.6) is 0 Å². The lowest BCUT2D eigenvalue weighted by Crippen LogP contribution is -2.03. The molecule has 0 N–H and O–H groups in total. The Kier molecular flexibility index (Phi) is 5.58. The minimum Gasteiger partial charge on any atom is -0.342 e. The van der Waals surface area contributed by atoms with Crippen molar-refractivity contribution in [3.63, 3.8) is 0 Å². The molecule has 0 aliphatic rings. The number of sulfone groups is 1. The number of hydrogen-bond acceptors (Lipinski definition) is 3. The molecule has 0 aliphatic carbocycles. The van der Waals surface area contributed by atoms with E-state index in [2.05, 4.69) is 20.5 Å². The van der Waals surface area contributed by atoms with Gasteiger partial charge in [0.25, 0.3) is 0 Å². The molecule has 0 atom stereocenters. The Balaban J connectivity index is 1.81. The fourth-order valence-corrected chi connectivity index (χ4v) is 4.78. The predicted octanol–water partition coefficient (Wildman–Crippen LogP) is 5.79. The number of allylic oxidation sites excluding steroid dienone is 1. The number of fused-ring (bicyclic) bond motifs is 1. The molecule has 0 aliphatic heterocycles. The Hall–Kier alpha value is -3.14. The molecule has 0 spiro atoms. The third kappa shape index (κ3) is 3.95. The first-order chi connectivity index (χ1) is 14.5. The fourth-order valence-electron chi connectivity index (χ4n) is 3.35. The van der Waals surface area contributed by atoms with Gasteiger partial charge in [0.2, 0.25) is 9.84 Å². The Morgan fingerprint density at radius 3 is 2.33 bits per heavy atom. The topological polar surface area (TPSA) is 62.9 Å². The van der Waals surface area contributed by atoms with E-state index >= 15 is 0 Å². The standard InChI is InChI=1S/C24H17BrN2O2S/c25-20-12-10-18(11-13-20)16-27-17-19(23-8-4-5-9-24(23)27)14-22(15-26)30(28,29)21-6-2-1-3-7-21/h1-14,17H,16H2. The van der Waals surface area contributed by atoms with Crippen molar-refractivity contribution in [1.29, 1.82) is 5.26 Å². The minimum atomic E-state index is -3.89. The van der Waals surface area contributed by atoms with E-state index in [0.29, 0.717) is 12.1 Å². The summed E-state index contributed by atoms with van der Waals surface area (Å²) < 4.78 is 28.9. The van der Waals surface area contributed by atoms with Crippen molar-refractivity contribution in [3.05, 3.63) is 106 Å². The molecule has 1 aromatic heterocycles. The average Bonchev–Trinajstić information content (AvgIpc) is 3.11. The molecular weight excluding hydrogens is 460 g/mol. The molecule has 0 bridgehead atoms. The molecule has 0 saturated heterocycles. The largest absolute Gasteiger partial charge is 0.342 e. The van der Waals surface area contributed by atoms with Crippen LogP contribution in [-0.4, -0.2) is 13.0 Å². The monoisotopic (exact) mass is 476 g/mol. The molecule has 0 amide bonds. The summed E-state index contributed by atoms with van der Waals surface area (Å²) in [5.74, 6) is 0. The highest BCUT2D eigenvalue weighted by molar-refractivity contribution is 9.10. The van der Waals surface area contributed by atoms with Crippen molar-refractivity contribution >= 4 is 42.7 Å². The highest BCUT2D eigenvalue weighted by Gasteiger charge is 2.21. The van der Waals surface area contributed by atoms with Gasteiger partial charge in [-0.3, -0.25) is 0 Å². The average molecular weight is 477 g/mol. The Morgan fingerprint density at radius 2 is 1.63 bits per heavy atom. The number of rotatable bonds is 5. The van der Waals surface area contributed by atoms with Gasteiger partial charge in [0.05, 0.1) is 4.90 Å². The molecule has 0 fully saturated rings. The molecule has 0 radical (unpaired) electrons. The van der Waals surface area contributed by atoms with Gasteiger partial charge >= 0.3 is 0 Å². The summed E-state index contributed by atoms with van der Waals surface area (Å²) in [4.78, 5) is -0.170. The molecule has 4 rings (SSSR count). The van der Waals surface area contributed by atoms with E-state index in [0.717, 1.165) is 20.9 Å². The molecule has 30 heavy (non-hydrogen) atoms. The molecule has 4 nitrogen and oxygen atoms in total. The number of halogens is 1. The number of benzene rings is 3. The van der Waals surface area contributed by atoms with E-state index in [-0.39, 0.29) is 9.80 Å². The van der Waals surface area contributed by atoms with E-state index < -0.39 is 9.84 Å². The van der Waals surface area contributed by atoms with Gasteiger partial charge < -0.3 is 4.57 Å². The van der Waals surface area contributed by atoms with E-state index in [1.165, 1.54) is 18.2 Å². The highest BCUT2D eigenvalue weighted by Crippen LogP contribution is 2.27. The number of hydrogen-bond donors (Lipinski definition) is 0. The number of nitriles is 1. The number of para-hydroxylation sites is 1. The van der Waals surface area contributed by atoms with E-state index in [9.17, 15) is 13.7 Å². The van der Waals surface area contributed by atoms with Crippen LogP contribution >= 0.6 is 15.9 Å². The summed E-state index contributed by atoms with van der Waals surface area (Å²) in [6.07, 6.45) is 3.35. The minimum absolute atomic E-state index is 0.108. The Morgan fingerprint density at radius 1 is 0.967 bits per heavy atom. The van der Waals surface area contributed by atoms with Crippen LogP contribution < -0.4 is 0 Å². The maximum absolute atomic E-state index is 12.9. The van der Waals surface area contributed by atoms with Crippen molar-refractivity contribution in [2.24, 2.45) is 0 Å². The van der Waals surface area contributed by atoms with E-state index in [1.54, 1.807) is 18.2 Å². The van der Waals surface area contributed by atoms with E-state index in [1.807, 2.05) is 60.8 Å².